The van der Waals surface area contributed by atoms with Crippen LogP contribution in [0.5, 0.6) is 5.75 Å². The summed E-state index contributed by atoms with van der Waals surface area (Å²) in [5, 5.41) is 0. The smallest absolute Gasteiger partial charge is 0.320 e. The molecule has 1 aromatic carbocycles. The van der Waals surface area contributed by atoms with Crippen LogP contribution in [0.3, 0.4) is 0 Å². The van der Waals surface area contributed by atoms with Gasteiger partial charge < -0.3 is 14.2 Å². The van der Waals surface area contributed by atoms with Crippen LogP contribution in [-0.2, 0) is 19.1 Å². The van der Waals surface area contributed by atoms with Crippen LogP contribution < -0.4 is 4.74 Å². The minimum absolute atomic E-state index is 0.255. The highest BCUT2D eigenvalue weighted by molar-refractivity contribution is 5.94. The molecule has 1 aromatic rings. The van der Waals surface area contributed by atoms with Crippen molar-refractivity contribution in [1.29, 1.82) is 0 Å². The largest absolute Gasteiger partial charge is 0.494 e. The first-order valence-electron chi connectivity index (χ1n) is 8.52. The molecular weight excluding hydrogens is 308 g/mol. The molecule has 5 nitrogen and oxygen atoms in total. The van der Waals surface area contributed by atoms with E-state index >= 15 is 0 Å². The molecule has 134 valence electrons. The molecule has 0 aliphatic rings. The second-order valence-electron chi connectivity index (χ2n) is 5.65. The lowest BCUT2D eigenvalue weighted by molar-refractivity contribution is -0.162. The van der Waals surface area contributed by atoms with Crippen molar-refractivity contribution in [2.75, 3.05) is 19.8 Å². The number of unbranched alkanes of at least 4 members (excludes halogenated alkanes) is 1. The molecule has 24 heavy (non-hydrogen) atoms. The summed E-state index contributed by atoms with van der Waals surface area (Å²) in [5.41, 5.74) is 2.42. The SMILES string of the molecule is CCOC(=O)C(CCCCOc1ccc(C)c(C)c1)C(=O)OCC. The number of esters is 2. The fourth-order valence-electron chi connectivity index (χ4n) is 2.26. The van der Waals surface area contributed by atoms with Crippen molar-refractivity contribution in [2.45, 2.75) is 47.0 Å². The number of hydrogen-bond acceptors (Lipinski definition) is 5. The molecule has 0 amide bonds. The van der Waals surface area contributed by atoms with Crippen molar-refractivity contribution in [3.05, 3.63) is 29.3 Å². The molecule has 0 aromatic heterocycles. The molecule has 0 heterocycles. The first-order valence-corrected chi connectivity index (χ1v) is 8.52. The van der Waals surface area contributed by atoms with Crippen LogP contribution in [0.4, 0.5) is 0 Å². The predicted molar refractivity (Wildman–Crippen MR) is 92.0 cm³/mol. The van der Waals surface area contributed by atoms with E-state index in [1.165, 1.54) is 11.1 Å². The summed E-state index contributed by atoms with van der Waals surface area (Å²) < 4.78 is 15.6. The Hall–Kier alpha value is -2.04. The molecule has 0 fully saturated rings. The quantitative estimate of drug-likeness (QED) is 0.371. The highest BCUT2D eigenvalue weighted by atomic mass is 16.6. The molecule has 0 spiro atoms. The Morgan fingerprint density at radius 3 is 2.12 bits per heavy atom. The van der Waals surface area contributed by atoms with Gasteiger partial charge in [-0.2, -0.15) is 0 Å². The fraction of sp³-hybridized carbons (Fsp3) is 0.579. The minimum Gasteiger partial charge on any atom is -0.494 e. The topological polar surface area (TPSA) is 61.8 Å². The van der Waals surface area contributed by atoms with Crippen molar-refractivity contribution in [1.82, 2.24) is 0 Å². The zero-order valence-corrected chi connectivity index (χ0v) is 15.1. The third kappa shape index (κ3) is 6.60. The molecule has 0 saturated carbocycles. The van der Waals surface area contributed by atoms with Crippen molar-refractivity contribution in [2.24, 2.45) is 5.92 Å². The number of hydrogen-bond donors (Lipinski definition) is 0. The van der Waals surface area contributed by atoms with Crippen LogP contribution in [0.2, 0.25) is 0 Å². The Kier molecular flexibility index (Phi) is 8.90. The van der Waals surface area contributed by atoms with Crippen LogP contribution >= 0.6 is 0 Å². The van der Waals surface area contributed by atoms with Crippen molar-refractivity contribution in [3.8, 4) is 5.75 Å². The molecule has 0 aliphatic carbocycles. The monoisotopic (exact) mass is 336 g/mol. The molecule has 0 saturated heterocycles. The lowest BCUT2D eigenvalue weighted by Gasteiger charge is -2.14. The Morgan fingerprint density at radius 2 is 1.58 bits per heavy atom. The standard InChI is InChI=1S/C19H28O5/c1-5-22-18(20)17(19(21)23-6-2)9-7-8-12-24-16-11-10-14(3)15(4)13-16/h10-11,13,17H,5-9,12H2,1-4H3. The van der Waals surface area contributed by atoms with Gasteiger partial charge in [0.15, 0.2) is 5.92 Å². The van der Waals surface area contributed by atoms with Gasteiger partial charge in [-0.05, 0) is 70.2 Å². The van der Waals surface area contributed by atoms with Gasteiger partial charge in [0.25, 0.3) is 0 Å². The highest BCUT2D eigenvalue weighted by Gasteiger charge is 2.28. The summed E-state index contributed by atoms with van der Waals surface area (Å²) in [6.45, 7) is 8.60. The summed E-state index contributed by atoms with van der Waals surface area (Å²) >= 11 is 0. The lowest BCUT2D eigenvalue weighted by Crippen LogP contribution is -2.28. The third-order valence-electron chi connectivity index (χ3n) is 3.78. The summed E-state index contributed by atoms with van der Waals surface area (Å²) in [6, 6.07) is 5.99. The molecule has 0 bridgehead atoms. The van der Waals surface area contributed by atoms with Crippen LogP contribution in [0.15, 0.2) is 18.2 Å². The molecule has 5 heteroatoms. The first-order chi connectivity index (χ1) is 11.5. The molecule has 0 radical (unpaired) electrons. The van der Waals surface area contributed by atoms with E-state index in [0.29, 0.717) is 19.4 Å². The van der Waals surface area contributed by atoms with E-state index in [2.05, 4.69) is 6.92 Å². The first kappa shape index (κ1) is 20.0. The van der Waals surface area contributed by atoms with E-state index in [4.69, 9.17) is 14.2 Å². The predicted octanol–water partition coefficient (Wildman–Crippen LogP) is 3.59. The van der Waals surface area contributed by atoms with Gasteiger partial charge in [0.1, 0.15) is 5.75 Å². The number of carbonyl (C=O) groups excluding carboxylic acids is 2. The van der Waals surface area contributed by atoms with Crippen molar-refractivity contribution >= 4 is 11.9 Å². The van der Waals surface area contributed by atoms with E-state index in [0.717, 1.165) is 12.2 Å². The fourth-order valence-corrected chi connectivity index (χ4v) is 2.26. The Morgan fingerprint density at radius 1 is 0.958 bits per heavy atom. The Bertz CT molecular complexity index is 521. The van der Waals surface area contributed by atoms with Crippen LogP contribution in [0.1, 0.15) is 44.2 Å². The Balaban J connectivity index is 2.39. The minimum atomic E-state index is -0.841. The maximum absolute atomic E-state index is 11.9. The van der Waals surface area contributed by atoms with Gasteiger partial charge in [0.2, 0.25) is 0 Å². The third-order valence-corrected chi connectivity index (χ3v) is 3.78. The Labute approximate surface area is 144 Å². The zero-order chi connectivity index (χ0) is 17.9. The van der Waals surface area contributed by atoms with Gasteiger partial charge in [-0.25, -0.2) is 0 Å². The van der Waals surface area contributed by atoms with E-state index < -0.39 is 17.9 Å². The number of ether oxygens (including phenoxy) is 3. The summed E-state index contributed by atoms with van der Waals surface area (Å²) in [4.78, 5) is 23.7. The van der Waals surface area contributed by atoms with Gasteiger partial charge in [-0.15, -0.1) is 0 Å². The van der Waals surface area contributed by atoms with Gasteiger partial charge in [-0.3, -0.25) is 9.59 Å². The second kappa shape index (κ2) is 10.7. The molecule has 0 N–H and O–H groups in total. The van der Waals surface area contributed by atoms with Gasteiger partial charge in [0.05, 0.1) is 19.8 Å². The van der Waals surface area contributed by atoms with Crippen LogP contribution in [0, 0.1) is 19.8 Å². The zero-order valence-electron chi connectivity index (χ0n) is 15.1. The van der Waals surface area contributed by atoms with E-state index in [1.807, 2.05) is 25.1 Å². The van der Waals surface area contributed by atoms with E-state index in [1.54, 1.807) is 13.8 Å². The van der Waals surface area contributed by atoms with Crippen LogP contribution in [0.25, 0.3) is 0 Å². The number of benzene rings is 1. The van der Waals surface area contributed by atoms with Crippen LogP contribution in [-0.4, -0.2) is 31.8 Å². The molecule has 0 unspecified atom stereocenters. The van der Waals surface area contributed by atoms with Gasteiger partial charge >= 0.3 is 11.9 Å². The lowest BCUT2D eigenvalue weighted by atomic mass is 10.0. The summed E-state index contributed by atoms with van der Waals surface area (Å²) in [6.07, 6.45) is 1.85. The van der Waals surface area contributed by atoms with Gasteiger partial charge in [0, 0.05) is 0 Å². The molecule has 0 aliphatic heterocycles. The number of carbonyl (C=O) groups is 2. The van der Waals surface area contributed by atoms with E-state index in [-0.39, 0.29) is 13.2 Å². The van der Waals surface area contributed by atoms with Gasteiger partial charge in [-0.1, -0.05) is 6.07 Å². The number of rotatable bonds is 10. The summed E-state index contributed by atoms with van der Waals surface area (Å²) in [5.74, 6) is -1.02. The van der Waals surface area contributed by atoms with Crippen molar-refractivity contribution in [3.63, 3.8) is 0 Å². The molecule has 0 atom stereocenters. The normalized spacial score (nSPS) is 10.5. The van der Waals surface area contributed by atoms with Crippen molar-refractivity contribution < 1.29 is 23.8 Å². The average Bonchev–Trinajstić information content (AvgIpc) is 2.54. The number of aryl methyl sites for hydroxylation is 2. The molecule has 1 rings (SSSR count). The second-order valence-corrected chi connectivity index (χ2v) is 5.65. The van der Waals surface area contributed by atoms with E-state index in [9.17, 15) is 9.59 Å². The highest BCUT2D eigenvalue weighted by Crippen LogP contribution is 2.18. The maximum Gasteiger partial charge on any atom is 0.320 e. The maximum atomic E-state index is 11.9. The molecular formula is C19H28O5. The average molecular weight is 336 g/mol. The summed E-state index contributed by atoms with van der Waals surface area (Å²) in [7, 11) is 0.